The van der Waals surface area contributed by atoms with Gasteiger partial charge in [-0.05, 0) is 17.5 Å². The lowest BCUT2D eigenvalue weighted by atomic mass is 9.73. The molecule has 3 rings (SSSR count). The van der Waals surface area contributed by atoms with Gasteiger partial charge in [0.1, 0.15) is 5.69 Å². The first kappa shape index (κ1) is 12.1. The summed E-state index contributed by atoms with van der Waals surface area (Å²) in [6, 6.07) is 8.30. The molecule has 0 aliphatic heterocycles. The normalized spacial score (nSPS) is 18.3. The fraction of sp³-hybridized carbons (Fsp3) is 0.286. The molecule has 2 atom stereocenters. The van der Waals surface area contributed by atoms with Crippen LogP contribution in [0, 0.1) is 0 Å². The molecule has 3 N–H and O–H groups in total. The summed E-state index contributed by atoms with van der Waals surface area (Å²) in [5, 5.41) is 0. The Kier molecular flexibility index (Phi) is 3.15. The minimum Gasteiger partial charge on any atom is -0.480 e. The maximum Gasteiger partial charge on any atom is 0.237 e. The molecule has 0 saturated heterocycles. The lowest BCUT2D eigenvalue weighted by molar-refractivity contribution is 0.355. The molecule has 5 heteroatoms. The second-order valence-corrected chi connectivity index (χ2v) is 4.60. The number of benzene rings is 1. The minimum atomic E-state index is -0.0847. The van der Waals surface area contributed by atoms with Crippen molar-refractivity contribution in [2.75, 3.05) is 7.11 Å². The van der Waals surface area contributed by atoms with Crippen LogP contribution in [-0.4, -0.2) is 17.1 Å². The van der Waals surface area contributed by atoms with Gasteiger partial charge in [-0.3, -0.25) is 16.3 Å². The molecule has 1 heterocycles. The van der Waals surface area contributed by atoms with Crippen LogP contribution in [0.1, 0.15) is 28.8 Å². The number of nitrogens with two attached hydrogens (primary N) is 1. The predicted molar refractivity (Wildman–Crippen MR) is 71.5 cm³/mol. The lowest BCUT2D eigenvalue weighted by Crippen LogP contribution is -2.38. The van der Waals surface area contributed by atoms with Crippen molar-refractivity contribution in [3.63, 3.8) is 0 Å². The van der Waals surface area contributed by atoms with E-state index in [9.17, 15) is 0 Å². The van der Waals surface area contributed by atoms with Crippen LogP contribution in [0.5, 0.6) is 5.88 Å². The second-order valence-electron chi connectivity index (χ2n) is 4.60. The standard InChI is InChI=1S/C14H16N4O/c1-19-14-13(16-6-7-17-14)12(18-15)11-8-9-4-2-3-5-10(9)11/h2-7,11-12,18H,8,15H2,1H3. The van der Waals surface area contributed by atoms with E-state index >= 15 is 0 Å². The molecular weight excluding hydrogens is 240 g/mol. The third-order valence-corrected chi connectivity index (χ3v) is 3.66. The van der Waals surface area contributed by atoms with Crippen molar-refractivity contribution in [3.05, 3.63) is 53.5 Å². The fourth-order valence-electron chi connectivity index (χ4n) is 2.69. The number of nitrogens with one attached hydrogen (secondary N) is 1. The first-order valence-corrected chi connectivity index (χ1v) is 6.24. The number of aromatic nitrogens is 2. The molecular formula is C14H16N4O. The van der Waals surface area contributed by atoms with Crippen molar-refractivity contribution < 1.29 is 4.74 Å². The van der Waals surface area contributed by atoms with Crippen molar-refractivity contribution in [1.29, 1.82) is 0 Å². The summed E-state index contributed by atoms with van der Waals surface area (Å²) in [4.78, 5) is 8.55. The van der Waals surface area contributed by atoms with Gasteiger partial charge in [0.15, 0.2) is 0 Å². The summed E-state index contributed by atoms with van der Waals surface area (Å²) in [5.74, 6) is 6.56. The van der Waals surface area contributed by atoms with Gasteiger partial charge in [0.2, 0.25) is 5.88 Å². The molecule has 1 aliphatic carbocycles. The van der Waals surface area contributed by atoms with E-state index in [0.29, 0.717) is 11.8 Å². The van der Waals surface area contributed by atoms with Crippen LogP contribution in [0.3, 0.4) is 0 Å². The Labute approximate surface area is 111 Å². The zero-order valence-corrected chi connectivity index (χ0v) is 10.7. The predicted octanol–water partition coefficient (Wildman–Crippen LogP) is 1.33. The Hall–Kier alpha value is -1.98. The summed E-state index contributed by atoms with van der Waals surface area (Å²) in [6.45, 7) is 0. The molecule has 1 aliphatic rings. The third kappa shape index (κ3) is 1.97. The van der Waals surface area contributed by atoms with Crippen molar-refractivity contribution >= 4 is 0 Å². The van der Waals surface area contributed by atoms with Crippen molar-refractivity contribution in [3.8, 4) is 5.88 Å². The molecule has 19 heavy (non-hydrogen) atoms. The Morgan fingerprint density at radius 1 is 1.32 bits per heavy atom. The molecule has 2 aromatic rings. The SMILES string of the molecule is COc1nccnc1C(NN)C1Cc2ccccc21. The lowest BCUT2D eigenvalue weighted by Gasteiger charge is -2.36. The average Bonchev–Trinajstić information content (AvgIpc) is 2.45. The van der Waals surface area contributed by atoms with E-state index in [4.69, 9.17) is 10.6 Å². The molecule has 1 aromatic carbocycles. The number of fused-ring (bicyclic) bond motifs is 1. The first-order valence-electron chi connectivity index (χ1n) is 6.24. The summed E-state index contributed by atoms with van der Waals surface area (Å²) in [7, 11) is 1.59. The smallest absolute Gasteiger partial charge is 0.237 e. The highest BCUT2D eigenvalue weighted by atomic mass is 16.5. The van der Waals surface area contributed by atoms with Gasteiger partial charge in [0, 0.05) is 18.3 Å². The zero-order chi connectivity index (χ0) is 13.2. The number of hydrogen-bond acceptors (Lipinski definition) is 5. The van der Waals surface area contributed by atoms with Crippen LogP contribution < -0.4 is 16.0 Å². The molecule has 0 bridgehead atoms. The monoisotopic (exact) mass is 256 g/mol. The van der Waals surface area contributed by atoms with E-state index in [0.717, 1.165) is 12.1 Å². The van der Waals surface area contributed by atoms with E-state index in [1.165, 1.54) is 11.1 Å². The molecule has 0 radical (unpaired) electrons. The number of methoxy groups -OCH3 is 1. The number of hydrazine groups is 1. The van der Waals surface area contributed by atoms with Gasteiger partial charge in [-0.1, -0.05) is 24.3 Å². The van der Waals surface area contributed by atoms with Crippen molar-refractivity contribution in [1.82, 2.24) is 15.4 Å². The quantitative estimate of drug-likeness (QED) is 0.637. The Morgan fingerprint density at radius 2 is 2.11 bits per heavy atom. The average molecular weight is 256 g/mol. The van der Waals surface area contributed by atoms with Crippen LogP contribution in [0.2, 0.25) is 0 Å². The molecule has 2 unspecified atom stereocenters. The number of ether oxygens (including phenoxy) is 1. The fourth-order valence-corrected chi connectivity index (χ4v) is 2.69. The maximum absolute atomic E-state index is 5.72. The van der Waals surface area contributed by atoms with Gasteiger partial charge in [0.05, 0.1) is 13.2 Å². The van der Waals surface area contributed by atoms with Crippen molar-refractivity contribution in [2.45, 2.75) is 18.4 Å². The summed E-state index contributed by atoms with van der Waals surface area (Å²) in [6.07, 6.45) is 4.27. The van der Waals surface area contributed by atoms with Gasteiger partial charge in [-0.25, -0.2) is 4.98 Å². The van der Waals surface area contributed by atoms with E-state index in [2.05, 4.69) is 33.6 Å². The van der Waals surface area contributed by atoms with E-state index in [-0.39, 0.29) is 6.04 Å². The van der Waals surface area contributed by atoms with Crippen LogP contribution in [-0.2, 0) is 6.42 Å². The van der Waals surface area contributed by atoms with Crippen molar-refractivity contribution in [2.24, 2.45) is 5.84 Å². The van der Waals surface area contributed by atoms with Crippen LogP contribution in [0.4, 0.5) is 0 Å². The molecule has 0 spiro atoms. The summed E-state index contributed by atoms with van der Waals surface area (Å²) >= 11 is 0. The van der Waals surface area contributed by atoms with Gasteiger partial charge in [-0.15, -0.1) is 0 Å². The highest BCUT2D eigenvalue weighted by Crippen LogP contribution is 2.43. The van der Waals surface area contributed by atoms with Crippen LogP contribution >= 0.6 is 0 Å². The van der Waals surface area contributed by atoms with Crippen LogP contribution in [0.25, 0.3) is 0 Å². The highest BCUT2D eigenvalue weighted by Gasteiger charge is 2.35. The summed E-state index contributed by atoms with van der Waals surface area (Å²) in [5.41, 5.74) is 6.30. The van der Waals surface area contributed by atoms with Crippen LogP contribution in [0.15, 0.2) is 36.7 Å². The molecule has 5 nitrogen and oxygen atoms in total. The minimum absolute atomic E-state index is 0.0847. The highest BCUT2D eigenvalue weighted by molar-refractivity contribution is 5.43. The first-order chi connectivity index (χ1) is 9.35. The topological polar surface area (TPSA) is 73.1 Å². The second kappa shape index (κ2) is 4.95. The molecule has 0 amide bonds. The Balaban J connectivity index is 1.95. The van der Waals surface area contributed by atoms with Gasteiger partial charge < -0.3 is 4.74 Å². The number of rotatable bonds is 4. The van der Waals surface area contributed by atoms with Gasteiger partial charge in [-0.2, -0.15) is 0 Å². The molecule has 0 saturated carbocycles. The van der Waals surface area contributed by atoms with Gasteiger partial charge in [0.25, 0.3) is 0 Å². The summed E-state index contributed by atoms with van der Waals surface area (Å²) < 4.78 is 5.27. The van der Waals surface area contributed by atoms with E-state index in [1.807, 2.05) is 6.07 Å². The largest absolute Gasteiger partial charge is 0.480 e. The molecule has 98 valence electrons. The molecule has 0 fully saturated rings. The number of hydrogen-bond donors (Lipinski definition) is 2. The van der Waals surface area contributed by atoms with Gasteiger partial charge >= 0.3 is 0 Å². The third-order valence-electron chi connectivity index (χ3n) is 3.66. The molecule has 1 aromatic heterocycles. The van der Waals surface area contributed by atoms with E-state index in [1.54, 1.807) is 19.5 Å². The Bertz CT molecular complexity index is 587. The zero-order valence-electron chi connectivity index (χ0n) is 10.7. The maximum atomic E-state index is 5.72. The van der Waals surface area contributed by atoms with E-state index < -0.39 is 0 Å². The number of nitrogens with zero attached hydrogens (tertiary/aromatic N) is 2. The Morgan fingerprint density at radius 3 is 2.84 bits per heavy atom.